The van der Waals surface area contributed by atoms with Gasteiger partial charge in [0.1, 0.15) is 0 Å². The van der Waals surface area contributed by atoms with Gasteiger partial charge in [-0.3, -0.25) is 14.2 Å². The zero-order chi connectivity index (χ0) is 57.5. The molecule has 0 aromatic rings. The van der Waals surface area contributed by atoms with E-state index in [4.69, 9.17) is 85.3 Å². The van der Waals surface area contributed by atoms with Crippen molar-refractivity contribution in [3.8, 4) is 0 Å². The van der Waals surface area contributed by atoms with E-state index in [0.717, 1.165) is 6.92 Å². The van der Waals surface area contributed by atoms with Crippen LogP contribution in [-0.4, -0.2) is 141 Å². The molecule has 0 bridgehead atoms. The van der Waals surface area contributed by atoms with Gasteiger partial charge in [-0.15, -0.1) is 0 Å². The Morgan fingerprint density at radius 3 is 0.714 bits per heavy atom. The average molecular weight is 1040 g/mol. The maximum absolute atomic E-state index is 11.5. The molecule has 0 saturated carbocycles. The zero-order valence-electron chi connectivity index (χ0n) is 49.6. The molecule has 0 aliphatic rings. The molecule has 0 saturated heterocycles. The Labute approximate surface area is 421 Å². The minimum absolute atomic E-state index is 0.249. The molecular weight excluding hydrogens is 941 g/mol. The predicted molar refractivity (Wildman–Crippen MR) is 257 cm³/mol. The van der Waals surface area contributed by atoms with Gasteiger partial charge in [-0.2, -0.15) is 0 Å². The molecular formula is C48H102F4O18. The molecule has 0 aliphatic heterocycles. The van der Waals surface area contributed by atoms with E-state index in [1.54, 1.807) is 13.8 Å². The first-order chi connectivity index (χ1) is 30.9. The summed E-state index contributed by atoms with van der Waals surface area (Å²) in [6.07, 6.45) is -7.04. The van der Waals surface area contributed by atoms with Gasteiger partial charge in [0.25, 0.3) is 29.9 Å². The summed E-state index contributed by atoms with van der Waals surface area (Å²) in [5.41, 5.74) is 0.00260. The number of ether oxygens (including phenoxy) is 18. The molecule has 0 unspecified atom stereocenters. The van der Waals surface area contributed by atoms with Gasteiger partial charge in [0, 0.05) is 105 Å². The van der Waals surface area contributed by atoms with Gasteiger partial charge < -0.3 is 56.8 Å². The van der Waals surface area contributed by atoms with Gasteiger partial charge in [-0.05, 0) is 88.5 Å². The lowest BCUT2D eigenvalue weighted by Gasteiger charge is -2.49. The van der Waals surface area contributed by atoms with Crippen LogP contribution < -0.4 is 0 Å². The number of methoxy groups -OCH3 is 9. The van der Waals surface area contributed by atoms with Gasteiger partial charge in [-0.1, -0.05) is 48.5 Å². The Morgan fingerprint density at radius 2 is 0.543 bits per heavy atom. The second kappa shape index (κ2) is 31.1. The van der Waals surface area contributed by atoms with Gasteiger partial charge in [0.2, 0.25) is 0 Å². The lowest BCUT2D eigenvalue weighted by atomic mass is 10.0. The van der Waals surface area contributed by atoms with Crippen molar-refractivity contribution in [1.29, 1.82) is 0 Å². The smallest absolute Gasteiger partial charge is 0.353 e. The summed E-state index contributed by atoms with van der Waals surface area (Å²) in [6.45, 7) is 43.6. The third-order valence-corrected chi connectivity index (χ3v) is 7.89. The summed E-state index contributed by atoms with van der Waals surface area (Å²) in [7, 11) is 12.0. The van der Waals surface area contributed by atoms with E-state index in [1.165, 1.54) is 98.6 Å². The number of hydrogen-bond acceptors (Lipinski definition) is 18. The Morgan fingerprint density at radius 1 is 0.314 bits per heavy atom. The molecule has 0 heterocycles. The van der Waals surface area contributed by atoms with Gasteiger partial charge in [0.05, 0.1) is 11.2 Å². The minimum atomic E-state index is -3.79. The topological polar surface area (TPSA) is 166 Å². The summed E-state index contributed by atoms with van der Waals surface area (Å²) in [6, 6.07) is 0. The quantitative estimate of drug-likeness (QED) is 0.0562. The molecule has 0 fully saturated rings. The molecule has 0 aromatic heterocycles. The van der Waals surface area contributed by atoms with Crippen LogP contribution in [0.15, 0.2) is 0 Å². The largest absolute Gasteiger partial charge is 0.427 e. The Bertz CT molecular complexity index is 1260. The van der Waals surface area contributed by atoms with E-state index < -0.39 is 72.2 Å². The van der Waals surface area contributed by atoms with Crippen LogP contribution in [0.1, 0.15) is 173 Å². The normalized spacial score (nSPS) is 14.1. The third kappa shape index (κ3) is 36.8. The molecule has 0 aliphatic carbocycles. The van der Waals surface area contributed by atoms with E-state index in [1.807, 2.05) is 83.1 Å². The Balaban J connectivity index is -0.000000357. The van der Waals surface area contributed by atoms with Crippen LogP contribution in [0.5, 0.6) is 0 Å². The monoisotopic (exact) mass is 1040 g/mol. The van der Waals surface area contributed by atoms with Gasteiger partial charge in [0.15, 0.2) is 17.4 Å². The van der Waals surface area contributed by atoms with Crippen LogP contribution in [0.4, 0.5) is 17.6 Å². The molecule has 0 aromatic carbocycles. The highest BCUT2D eigenvalue weighted by Crippen LogP contribution is 2.42. The van der Waals surface area contributed by atoms with Crippen LogP contribution in [0.3, 0.4) is 0 Å². The lowest BCUT2D eigenvalue weighted by Crippen LogP contribution is -2.64. The number of alkyl halides is 4. The van der Waals surface area contributed by atoms with Crippen LogP contribution in [0, 0.1) is 5.41 Å². The van der Waals surface area contributed by atoms with Crippen LogP contribution in [0.25, 0.3) is 0 Å². The predicted octanol–water partition coefficient (Wildman–Crippen LogP) is 12.1. The van der Waals surface area contributed by atoms with E-state index in [9.17, 15) is 17.6 Å². The minimum Gasteiger partial charge on any atom is -0.353 e. The second-order valence-electron chi connectivity index (χ2n) is 20.4. The van der Waals surface area contributed by atoms with Crippen LogP contribution >= 0.6 is 0 Å². The van der Waals surface area contributed by atoms with Crippen molar-refractivity contribution in [2.24, 2.45) is 5.41 Å². The first-order valence-corrected chi connectivity index (χ1v) is 22.8. The molecule has 0 atom stereocenters. The lowest BCUT2D eigenvalue weighted by molar-refractivity contribution is -0.675. The summed E-state index contributed by atoms with van der Waals surface area (Å²) in [5, 5.41) is 0. The average Bonchev–Trinajstić information content (AvgIpc) is 3.18. The van der Waals surface area contributed by atoms with Crippen molar-refractivity contribution >= 4 is 0 Å². The SMILES string of the molecule is CC.CC(C)(C)C.CC(C)(C)OC(C)(C)OC(C)(C)OC(C)(C)C.CCC(F)(F)C(F)F.COC(C)(C)OC(OC(C)(OC)OC)(OC(C)(OC)OC)OC(C)(OC(C)(OC)OC)OC(C)(OC)OC. The molecule has 22 heteroatoms. The fraction of sp³-hybridized carbons (Fsp3) is 1.00. The van der Waals surface area contributed by atoms with Crippen molar-refractivity contribution in [2.45, 2.75) is 250 Å². The van der Waals surface area contributed by atoms with E-state index in [0.29, 0.717) is 5.41 Å². The molecule has 70 heavy (non-hydrogen) atoms. The van der Waals surface area contributed by atoms with Crippen molar-refractivity contribution < 1.29 is 103 Å². The molecule has 430 valence electrons. The summed E-state index contributed by atoms with van der Waals surface area (Å²) < 4.78 is 148. The first-order valence-electron chi connectivity index (χ1n) is 22.8. The number of halogens is 4. The van der Waals surface area contributed by atoms with E-state index >= 15 is 0 Å². The summed E-state index contributed by atoms with van der Waals surface area (Å²) >= 11 is 0. The molecule has 0 N–H and O–H groups in total. The maximum Gasteiger partial charge on any atom is 0.427 e. The second-order valence-corrected chi connectivity index (χ2v) is 20.4. The zero-order valence-corrected chi connectivity index (χ0v) is 49.6. The maximum atomic E-state index is 11.5. The molecule has 0 spiro atoms. The number of hydrogen-bond donors (Lipinski definition) is 0. The van der Waals surface area contributed by atoms with Crippen molar-refractivity contribution in [3.63, 3.8) is 0 Å². The molecule has 0 amide bonds. The first kappa shape index (κ1) is 77.9. The Hall–Kier alpha value is -1.00. The highest BCUT2D eigenvalue weighted by atomic mass is 19.3. The van der Waals surface area contributed by atoms with Crippen molar-refractivity contribution in [2.75, 3.05) is 64.0 Å². The van der Waals surface area contributed by atoms with Crippen LogP contribution in [0.2, 0.25) is 0 Å². The van der Waals surface area contributed by atoms with Gasteiger partial charge >= 0.3 is 18.5 Å². The third-order valence-electron chi connectivity index (χ3n) is 7.89. The molecule has 0 rings (SSSR count). The van der Waals surface area contributed by atoms with Crippen molar-refractivity contribution in [1.82, 2.24) is 0 Å². The fourth-order valence-corrected chi connectivity index (χ4v) is 4.81. The highest BCUT2D eigenvalue weighted by molar-refractivity contribution is 4.72. The fourth-order valence-electron chi connectivity index (χ4n) is 4.81. The molecule has 18 nitrogen and oxygen atoms in total. The van der Waals surface area contributed by atoms with Crippen LogP contribution in [-0.2, 0) is 85.3 Å². The molecule has 0 radical (unpaired) electrons. The summed E-state index contributed by atoms with van der Waals surface area (Å²) in [4.78, 5) is 0. The van der Waals surface area contributed by atoms with E-state index in [2.05, 4.69) is 27.7 Å². The highest BCUT2D eigenvalue weighted by Gasteiger charge is 2.60. The standard InChI is InChI=1S/C23H48O15.C14H30O3.C5H12.C4H6F4.C2H6/c1-17(2,24-8)33-23(36-20(5,29-13)30-14,37-21(6,31-15)32-16)38-22(7,34-18(3,25-9)26-10)35-19(4,27-11)28-12;1-11(2,3)15-13(7,8)17-14(9,10)16-12(4,5)6;1-5(2,3)4;1-2-4(7,8)3(5)6;1-2/h1-16H3;1-10H3;1-4H3;3H,2H2,1H3;1-2H3. The number of rotatable bonds is 27. The van der Waals surface area contributed by atoms with E-state index in [-0.39, 0.29) is 11.2 Å². The summed E-state index contributed by atoms with van der Waals surface area (Å²) in [5.74, 6) is -16.1. The Kier molecular flexibility index (Phi) is 34.7. The van der Waals surface area contributed by atoms with Crippen molar-refractivity contribution in [3.05, 3.63) is 0 Å². The van der Waals surface area contributed by atoms with Gasteiger partial charge in [-0.25, -0.2) is 31.8 Å².